The fourth-order valence-corrected chi connectivity index (χ4v) is 6.58. The van der Waals surface area contributed by atoms with Gasteiger partial charge in [-0.2, -0.15) is 0 Å². The second-order valence-electron chi connectivity index (χ2n) is 7.27. The number of halogens is 3. The highest BCUT2D eigenvalue weighted by atomic mass is 127. The van der Waals surface area contributed by atoms with Crippen LogP contribution in [0.3, 0.4) is 0 Å². The van der Waals surface area contributed by atoms with Gasteiger partial charge in [-0.1, -0.05) is 24.3 Å². The lowest BCUT2D eigenvalue weighted by molar-refractivity contribution is 0.00578. The van der Waals surface area contributed by atoms with Gasteiger partial charge in [-0.05, 0) is 119 Å². The fraction of sp³-hybridized carbons (Fsp3) is 0.368. The van der Waals surface area contributed by atoms with E-state index in [0.29, 0.717) is 6.61 Å². The third kappa shape index (κ3) is 4.36. The summed E-state index contributed by atoms with van der Waals surface area (Å²) in [7, 11) is -0.380. The molecular weight excluding hydrogens is 668 g/mol. The van der Waals surface area contributed by atoms with Crippen molar-refractivity contribution in [1.82, 2.24) is 0 Å². The van der Waals surface area contributed by atoms with Crippen LogP contribution in [0.5, 0.6) is 5.75 Å². The monoisotopic (exact) mass is 688 g/mol. The van der Waals surface area contributed by atoms with Crippen LogP contribution in [0.4, 0.5) is 0 Å². The van der Waals surface area contributed by atoms with Crippen molar-refractivity contribution in [1.29, 1.82) is 0 Å². The van der Waals surface area contributed by atoms with Crippen molar-refractivity contribution >= 4 is 80.4 Å². The Bertz CT molecular complexity index is 784. The topological polar surface area (TPSA) is 27.7 Å². The number of rotatable bonds is 4. The van der Waals surface area contributed by atoms with Gasteiger partial charge in [0.05, 0.1) is 18.3 Å². The van der Waals surface area contributed by atoms with Crippen molar-refractivity contribution < 1.29 is 14.0 Å². The summed E-state index contributed by atoms with van der Waals surface area (Å²) in [5.41, 5.74) is 1.40. The first kappa shape index (κ1) is 21.1. The van der Waals surface area contributed by atoms with E-state index in [1.165, 1.54) is 3.57 Å². The lowest BCUT2D eigenvalue weighted by Crippen LogP contribution is -2.41. The molecule has 138 valence electrons. The molecule has 0 saturated carbocycles. The Labute approximate surface area is 196 Å². The van der Waals surface area contributed by atoms with E-state index in [1.807, 2.05) is 12.1 Å². The van der Waals surface area contributed by atoms with Crippen molar-refractivity contribution in [3.05, 3.63) is 52.7 Å². The zero-order valence-electron chi connectivity index (χ0n) is 15.1. The van der Waals surface area contributed by atoms with Crippen molar-refractivity contribution in [3.63, 3.8) is 0 Å². The molecule has 2 aromatic carbocycles. The van der Waals surface area contributed by atoms with Crippen LogP contribution < -0.4 is 10.2 Å². The largest absolute Gasteiger partial charge is 0.495 e. The molecule has 7 heteroatoms. The van der Waals surface area contributed by atoms with Crippen LogP contribution in [0, 0.1) is 10.7 Å². The molecule has 0 aliphatic carbocycles. The Hall–Kier alpha value is 0.415. The molecule has 1 saturated heterocycles. The van der Waals surface area contributed by atoms with Gasteiger partial charge in [0.15, 0.2) is 0 Å². The molecule has 0 spiro atoms. The Morgan fingerprint density at radius 2 is 1.46 bits per heavy atom. The van der Waals surface area contributed by atoms with Gasteiger partial charge in [0.25, 0.3) is 0 Å². The summed E-state index contributed by atoms with van der Waals surface area (Å²) in [6.07, 6.45) is 0. The average molecular weight is 688 g/mol. The van der Waals surface area contributed by atoms with Gasteiger partial charge in [-0.3, -0.25) is 0 Å². The molecule has 2 aromatic rings. The maximum atomic E-state index is 6.22. The summed E-state index contributed by atoms with van der Waals surface area (Å²) in [5.74, 6) is 0.926. The van der Waals surface area contributed by atoms with Crippen LogP contribution in [-0.4, -0.2) is 18.3 Å². The zero-order chi connectivity index (χ0) is 19.1. The Kier molecular flexibility index (Phi) is 6.53. The molecule has 1 aliphatic heterocycles. The van der Waals surface area contributed by atoms with Crippen LogP contribution in [0.25, 0.3) is 0 Å². The molecule has 1 fully saturated rings. The van der Waals surface area contributed by atoms with Crippen LogP contribution in [0.1, 0.15) is 33.3 Å². The Morgan fingerprint density at radius 3 is 2.04 bits per heavy atom. The summed E-state index contributed by atoms with van der Waals surface area (Å²) in [6, 6.07) is 12.4. The lowest BCUT2D eigenvalue weighted by atomic mass is 9.76. The number of hydrogen-bond acceptors (Lipinski definition) is 3. The number of hydrogen-bond donors (Lipinski definition) is 0. The summed E-state index contributed by atoms with van der Waals surface area (Å²) < 4.78 is 22.1. The molecule has 3 nitrogen and oxygen atoms in total. The first-order valence-electron chi connectivity index (χ1n) is 8.31. The Morgan fingerprint density at radius 1 is 0.923 bits per heavy atom. The quantitative estimate of drug-likeness (QED) is 0.320. The number of ether oxygens (including phenoxy) is 1. The minimum absolute atomic E-state index is 0.355. The van der Waals surface area contributed by atoms with E-state index in [4.69, 9.17) is 14.0 Å². The predicted octanol–water partition coefficient (Wildman–Crippen LogP) is 5.38. The van der Waals surface area contributed by atoms with E-state index in [9.17, 15) is 0 Å². The molecule has 0 amide bonds. The second kappa shape index (κ2) is 8.04. The third-order valence-electron chi connectivity index (χ3n) is 4.90. The van der Waals surface area contributed by atoms with Crippen molar-refractivity contribution in [2.24, 2.45) is 0 Å². The third-order valence-corrected chi connectivity index (χ3v) is 7.12. The fourth-order valence-electron chi connectivity index (χ4n) is 2.68. The van der Waals surface area contributed by atoms with Gasteiger partial charge in [-0.25, -0.2) is 0 Å². The molecule has 0 unspecified atom stereocenters. The molecule has 26 heavy (non-hydrogen) atoms. The maximum Gasteiger partial charge on any atom is 0.495 e. The highest BCUT2D eigenvalue weighted by Crippen LogP contribution is 2.37. The maximum absolute atomic E-state index is 6.22. The van der Waals surface area contributed by atoms with E-state index in [2.05, 4.69) is 120 Å². The first-order chi connectivity index (χ1) is 12.1. The standard InChI is InChI=1S/C19H20BI3O3/c1-18(2)19(3,4)26-20(25-18)14-8-6-5-7-12(14)11-24-17-15(22)9-13(21)10-16(17)23/h5-10H,11H2,1-4H3. The predicted molar refractivity (Wildman–Crippen MR) is 131 cm³/mol. The molecule has 0 aromatic heterocycles. The molecule has 0 radical (unpaired) electrons. The molecule has 0 N–H and O–H groups in total. The lowest BCUT2D eigenvalue weighted by Gasteiger charge is -2.32. The molecule has 3 rings (SSSR count). The van der Waals surface area contributed by atoms with Gasteiger partial charge in [0.2, 0.25) is 0 Å². The first-order valence-corrected chi connectivity index (χ1v) is 11.5. The van der Waals surface area contributed by atoms with Gasteiger partial charge >= 0.3 is 7.12 Å². The summed E-state index contributed by atoms with van der Waals surface area (Å²) in [6.45, 7) is 8.77. The van der Waals surface area contributed by atoms with E-state index in [-0.39, 0.29) is 18.3 Å². The van der Waals surface area contributed by atoms with Gasteiger partial charge in [0.1, 0.15) is 12.4 Å². The van der Waals surface area contributed by atoms with E-state index < -0.39 is 0 Å². The SMILES string of the molecule is CC1(C)OB(c2ccccc2COc2c(I)cc(I)cc2I)OC1(C)C. The minimum atomic E-state index is -0.380. The van der Waals surface area contributed by atoms with Gasteiger partial charge < -0.3 is 14.0 Å². The second-order valence-corrected chi connectivity index (χ2v) is 10.8. The highest BCUT2D eigenvalue weighted by molar-refractivity contribution is 14.1. The molecule has 1 aliphatic rings. The van der Waals surface area contributed by atoms with Crippen molar-refractivity contribution in [3.8, 4) is 5.75 Å². The molecule has 0 atom stereocenters. The number of benzene rings is 2. The molecular formula is C19H20BI3O3. The summed E-state index contributed by atoms with van der Waals surface area (Å²) in [4.78, 5) is 0. The van der Waals surface area contributed by atoms with E-state index in [0.717, 1.165) is 23.9 Å². The molecule has 1 heterocycles. The summed E-state index contributed by atoms with van der Waals surface area (Å²) in [5, 5.41) is 0. The highest BCUT2D eigenvalue weighted by Gasteiger charge is 2.52. The molecule has 0 bridgehead atoms. The van der Waals surface area contributed by atoms with Crippen LogP contribution in [0.15, 0.2) is 36.4 Å². The van der Waals surface area contributed by atoms with E-state index in [1.54, 1.807) is 0 Å². The summed E-state index contributed by atoms with van der Waals surface area (Å²) >= 11 is 6.98. The zero-order valence-corrected chi connectivity index (χ0v) is 21.6. The van der Waals surface area contributed by atoms with Crippen molar-refractivity contribution in [2.45, 2.75) is 45.5 Å². The van der Waals surface area contributed by atoms with Crippen LogP contribution >= 0.6 is 67.8 Å². The average Bonchev–Trinajstić information content (AvgIpc) is 2.74. The van der Waals surface area contributed by atoms with Gasteiger partial charge in [0, 0.05) is 3.57 Å². The van der Waals surface area contributed by atoms with Crippen LogP contribution in [0.2, 0.25) is 0 Å². The van der Waals surface area contributed by atoms with E-state index >= 15 is 0 Å². The smallest absolute Gasteiger partial charge is 0.487 e. The van der Waals surface area contributed by atoms with Crippen LogP contribution in [-0.2, 0) is 15.9 Å². The minimum Gasteiger partial charge on any atom is -0.487 e. The Balaban J connectivity index is 1.83. The van der Waals surface area contributed by atoms with Crippen molar-refractivity contribution in [2.75, 3.05) is 0 Å². The van der Waals surface area contributed by atoms with Gasteiger partial charge in [-0.15, -0.1) is 0 Å². The normalized spacial score (nSPS) is 18.2.